The van der Waals surface area contributed by atoms with E-state index in [1.54, 1.807) is 12.1 Å². The molecule has 1 saturated heterocycles. The Morgan fingerprint density at radius 1 is 1.39 bits per heavy atom. The highest BCUT2D eigenvalue weighted by molar-refractivity contribution is 7.89. The summed E-state index contributed by atoms with van der Waals surface area (Å²) in [6.45, 7) is 2.16. The summed E-state index contributed by atoms with van der Waals surface area (Å²) in [6.07, 6.45) is -0.864. The van der Waals surface area contributed by atoms with Crippen molar-refractivity contribution in [3.63, 3.8) is 0 Å². The van der Waals surface area contributed by atoms with E-state index < -0.39 is 22.0 Å². The number of aliphatic hydroxyl groups is 1. The SMILES string of the molecule is Cc1ccc(Cl)c(C(=O)N2C[C@@H](CS(=O)(=O)N(C)C)[C@H](O)C2)c1. The van der Waals surface area contributed by atoms with Gasteiger partial charge in [0.2, 0.25) is 10.0 Å². The number of likely N-dealkylation sites (tertiary alicyclic amines) is 1. The number of hydrogen-bond acceptors (Lipinski definition) is 4. The lowest BCUT2D eigenvalue weighted by atomic mass is 10.1. The molecule has 1 aromatic carbocycles. The number of halogens is 1. The molecule has 8 heteroatoms. The van der Waals surface area contributed by atoms with E-state index in [9.17, 15) is 18.3 Å². The molecule has 128 valence electrons. The van der Waals surface area contributed by atoms with Crippen LogP contribution in [0.5, 0.6) is 0 Å². The van der Waals surface area contributed by atoms with Crippen molar-refractivity contribution < 1.29 is 18.3 Å². The summed E-state index contributed by atoms with van der Waals surface area (Å²) in [6, 6.07) is 5.16. The van der Waals surface area contributed by atoms with Crippen LogP contribution in [0.25, 0.3) is 0 Å². The highest BCUT2D eigenvalue weighted by Crippen LogP contribution is 2.25. The molecule has 1 N–H and O–H groups in total. The number of aliphatic hydroxyl groups excluding tert-OH is 1. The average molecular weight is 361 g/mol. The van der Waals surface area contributed by atoms with Gasteiger partial charge in [0.1, 0.15) is 0 Å². The second kappa shape index (κ2) is 6.76. The summed E-state index contributed by atoms with van der Waals surface area (Å²) >= 11 is 6.08. The zero-order chi connectivity index (χ0) is 17.4. The van der Waals surface area contributed by atoms with Crippen molar-refractivity contribution in [2.45, 2.75) is 13.0 Å². The van der Waals surface area contributed by atoms with Crippen LogP contribution in [-0.4, -0.2) is 67.7 Å². The highest BCUT2D eigenvalue weighted by Gasteiger charge is 2.37. The fourth-order valence-corrected chi connectivity index (χ4v) is 3.94. The van der Waals surface area contributed by atoms with E-state index >= 15 is 0 Å². The van der Waals surface area contributed by atoms with Crippen LogP contribution in [-0.2, 0) is 10.0 Å². The molecule has 0 aliphatic carbocycles. The minimum absolute atomic E-state index is 0.108. The van der Waals surface area contributed by atoms with E-state index in [0.717, 1.165) is 9.87 Å². The van der Waals surface area contributed by atoms with Crippen molar-refractivity contribution in [1.29, 1.82) is 0 Å². The standard InChI is InChI=1S/C15H21ClN2O4S/c1-10-4-5-13(16)12(6-10)15(20)18-7-11(14(19)8-18)9-23(21,22)17(2)3/h4-6,11,14,19H,7-9H2,1-3H3/t11-,14+/m0/s1. The lowest BCUT2D eigenvalue weighted by Crippen LogP contribution is -2.33. The van der Waals surface area contributed by atoms with E-state index in [1.165, 1.54) is 19.0 Å². The summed E-state index contributed by atoms with van der Waals surface area (Å²) < 4.78 is 25.1. The van der Waals surface area contributed by atoms with E-state index in [2.05, 4.69) is 0 Å². The Kier molecular flexibility index (Phi) is 5.35. The second-order valence-electron chi connectivity index (χ2n) is 6.08. The fourth-order valence-electron chi connectivity index (χ4n) is 2.58. The van der Waals surface area contributed by atoms with Gasteiger partial charge in [-0.05, 0) is 19.1 Å². The Hall–Kier alpha value is -1.15. The van der Waals surface area contributed by atoms with Gasteiger partial charge in [-0.25, -0.2) is 12.7 Å². The summed E-state index contributed by atoms with van der Waals surface area (Å²) in [5.41, 5.74) is 1.28. The van der Waals surface area contributed by atoms with Crippen LogP contribution in [0.2, 0.25) is 5.02 Å². The predicted octanol–water partition coefficient (Wildman–Crippen LogP) is 0.973. The number of nitrogens with zero attached hydrogens (tertiary/aromatic N) is 2. The molecule has 1 aromatic rings. The molecule has 0 spiro atoms. The van der Waals surface area contributed by atoms with E-state index in [-0.39, 0.29) is 24.7 Å². The Labute approximate surface area is 141 Å². The van der Waals surface area contributed by atoms with Crippen LogP contribution in [0.3, 0.4) is 0 Å². The Bertz CT molecular complexity index is 705. The maximum atomic E-state index is 12.6. The number of aryl methyl sites for hydroxylation is 1. The van der Waals surface area contributed by atoms with Crippen molar-refractivity contribution in [3.05, 3.63) is 34.3 Å². The minimum Gasteiger partial charge on any atom is -0.391 e. The third kappa shape index (κ3) is 4.03. The molecule has 1 fully saturated rings. The highest BCUT2D eigenvalue weighted by atomic mass is 35.5. The van der Waals surface area contributed by atoms with Gasteiger partial charge in [0, 0.05) is 33.1 Å². The van der Waals surface area contributed by atoms with E-state index in [1.807, 2.05) is 13.0 Å². The molecular weight excluding hydrogens is 340 g/mol. The van der Waals surface area contributed by atoms with Gasteiger partial charge in [-0.15, -0.1) is 0 Å². The van der Waals surface area contributed by atoms with Gasteiger partial charge in [0.05, 0.1) is 22.4 Å². The van der Waals surface area contributed by atoms with Gasteiger partial charge in [-0.3, -0.25) is 4.79 Å². The third-order valence-corrected chi connectivity index (χ3v) is 6.32. The molecule has 0 saturated carbocycles. The van der Waals surface area contributed by atoms with Crippen molar-refractivity contribution in [1.82, 2.24) is 9.21 Å². The van der Waals surface area contributed by atoms with Crippen LogP contribution >= 0.6 is 11.6 Å². The smallest absolute Gasteiger partial charge is 0.255 e. The predicted molar refractivity (Wildman–Crippen MR) is 89.1 cm³/mol. The first kappa shape index (κ1) is 18.2. The van der Waals surface area contributed by atoms with Gasteiger partial charge >= 0.3 is 0 Å². The van der Waals surface area contributed by atoms with Crippen LogP contribution in [0.1, 0.15) is 15.9 Å². The molecule has 1 aliphatic heterocycles. The number of rotatable bonds is 4. The van der Waals surface area contributed by atoms with Gasteiger partial charge in [-0.2, -0.15) is 0 Å². The monoisotopic (exact) mass is 360 g/mol. The minimum atomic E-state index is -3.43. The molecule has 1 amide bonds. The zero-order valence-electron chi connectivity index (χ0n) is 13.4. The quantitative estimate of drug-likeness (QED) is 0.868. The lowest BCUT2D eigenvalue weighted by molar-refractivity contribution is 0.0765. The van der Waals surface area contributed by atoms with E-state index in [0.29, 0.717) is 10.6 Å². The van der Waals surface area contributed by atoms with Crippen molar-refractivity contribution in [3.8, 4) is 0 Å². The van der Waals surface area contributed by atoms with Gasteiger partial charge < -0.3 is 10.0 Å². The second-order valence-corrected chi connectivity index (χ2v) is 8.72. The van der Waals surface area contributed by atoms with Crippen LogP contribution in [0.4, 0.5) is 0 Å². The molecule has 0 radical (unpaired) electrons. The van der Waals surface area contributed by atoms with Crippen molar-refractivity contribution in [2.75, 3.05) is 32.9 Å². The Morgan fingerprint density at radius 3 is 2.65 bits per heavy atom. The average Bonchev–Trinajstić information content (AvgIpc) is 2.81. The molecule has 1 heterocycles. The van der Waals surface area contributed by atoms with Crippen molar-refractivity contribution >= 4 is 27.5 Å². The number of carbonyl (C=O) groups is 1. The number of hydrogen-bond donors (Lipinski definition) is 1. The van der Waals surface area contributed by atoms with Crippen LogP contribution in [0, 0.1) is 12.8 Å². The Balaban J connectivity index is 2.15. The summed E-state index contributed by atoms with van der Waals surface area (Å²) in [5, 5.41) is 10.5. The zero-order valence-corrected chi connectivity index (χ0v) is 14.9. The molecule has 1 aliphatic rings. The lowest BCUT2D eigenvalue weighted by Gasteiger charge is -2.18. The molecule has 6 nitrogen and oxygen atoms in total. The van der Waals surface area contributed by atoms with Crippen LogP contribution < -0.4 is 0 Å². The number of benzene rings is 1. The summed E-state index contributed by atoms with van der Waals surface area (Å²) in [4.78, 5) is 14.0. The number of carbonyl (C=O) groups excluding carboxylic acids is 1. The van der Waals surface area contributed by atoms with Gasteiger partial charge in [-0.1, -0.05) is 23.2 Å². The number of amides is 1. The molecule has 2 atom stereocenters. The summed E-state index contributed by atoms with van der Waals surface area (Å²) in [5.74, 6) is -0.982. The molecule has 0 bridgehead atoms. The third-order valence-electron chi connectivity index (χ3n) is 4.03. The van der Waals surface area contributed by atoms with E-state index in [4.69, 9.17) is 11.6 Å². The maximum Gasteiger partial charge on any atom is 0.255 e. The first-order valence-corrected chi connectivity index (χ1v) is 9.24. The fraction of sp³-hybridized carbons (Fsp3) is 0.533. The first-order chi connectivity index (χ1) is 10.6. The first-order valence-electron chi connectivity index (χ1n) is 7.25. The van der Waals surface area contributed by atoms with Gasteiger partial charge in [0.25, 0.3) is 5.91 Å². The van der Waals surface area contributed by atoms with Crippen LogP contribution in [0.15, 0.2) is 18.2 Å². The molecule has 2 rings (SSSR count). The number of sulfonamides is 1. The normalized spacial score (nSPS) is 21.9. The van der Waals surface area contributed by atoms with Crippen molar-refractivity contribution in [2.24, 2.45) is 5.92 Å². The maximum absolute atomic E-state index is 12.6. The molecule has 23 heavy (non-hydrogen) atoms. The van der Waals surface area contributed by atoms with Gasteiger partial charge in [0.15, 0.2) is 0 Å². The molecule has 0 aromatic heterocycles. The summed E-state index contributed by atoms with van der Waals surface area (Å²) in [7, 11) is -0.533. The largest absolute Gasteiger partial charge is 0.391 e. The molecular formula is C15H21ClN2O4S. The number of β-amino-alcohol motifs (C(OH)–C–C–N with tert-alkyl or cyclic N) is 1. The topological polar surface area (TPSA) is 77.9 Å². The Morgan fingerprint density at radius 2 is 2.04 bits per heavy atom. The molecule has 0 unspecified atom stereocenters.